The first-order chi connectivity index (χ1) is 9.47. The van der Waals surface area contributed by atoms with Crippen molar-refractivity contribution in [1.29, 1.82) is 0 Å². The summed E-state index contributed by atoms with van der Waals surface area (Å²) in [6, 6.07) is 2.56. The Kier molecular flexibility index (Phi) is 4.67. The van der Waals surface area contributed by atoms with Gasteiger partial charge in [0.2, 0.25) is 0 Å². The molecule has 108 valence electrons. The minimum atomic E-state index is -0.571. The molecule has 0 saturated carbocycles. The highest BCUT2D eigenvalue weighted by Crippen LogP contribution is 2.25. The van der Waals surface area contributed by atoms with E-state index in [2.05, 4.69) is 4.98 Å². The lowest BCUT2D eigenvalue weighted by Gasteiger charge is -2.20. The van der Waals surface area contributed by atoms with Gasteiger partial charge in [-0.2, -0.15) is 0 Å². The van der Waals surface area contributed by atoms with Gasteiger partial charge in [-0.1, -0.05) is 0 Å². The average molecular weight is 297 g/mol. The van der Waals surface area contributed by atoms with E-state index in [-0.39, 0.29) is 11.7 Å². The molecule has 1 heterocycles. The topological polar surface area (TPSA) is 42.1 Å². The number of thiazole rings is 1. The van der Waals surface area contributed by atoms with Crippen molar-refractivity contribution in [3.8, 4) is 0 Å². The van der Waals surface area contributed by atoms with Gasteiger partial charge in [-0.25, -0.2) is 13.8 Å². The average Bonchev–Trinajstić information content (AvgIpc) is 2.79. The summed E-state index contributed by atoms with van der Waals surface area (Å²) >= 11 is 1.46. The molecule has 0 aliphatic carbocycles. The van der Waals surface area contributed by atoms with Crippen molar-refractivity contribution < 1.29 is 8.78 Å². The van der Waals surface area contributed by atoms with E-state index in [4.69, 9.17) is 5.73 Å². The first kappa shape index (κ1) is 14.9. The van der Waals surface area contributed by atoms with Gasteiger partial charge in [-0.15, -0.1) is 11.3 Å². The van der Waals surface area contributed by atoms with Crippen molar-refractivity contribution >= 4 is 17.0 Å². The van der Waals surface area contributed by atoms with Gasteiger partial charge in [0.1, 0.15) is 17.3 Å². The lowest BCUT2D eigenvalue weighted by Crippen LogP contribution is -2.21. The molecule has 6 heteroatoms. The quantitative estimate of drug-likeness (QED) is 0.922. The summed E-state index contributed by atoms with van der Waals surface area (Å²) in [4.78, 5) is 5.64. The second-order valence-electron chi connectivity index (χ2n) is 4.93. The minimum Gasteiger partial charge on any atom is -0.364 e. The zero-order chi connectivity index (χ0) is 14.7. The molecule has 2 rings (SSSR count). The van der Waals surface area contributed by atoms with Crippen LogP contribution in [-0.2, 0) is 13.0 Å². The van der Waals surface area contributed by atoms with E-state index >= 15 is 0 Å². The Morgan fingerprint density at radius 3 is 2.50 bits per heavy atom. The molecule has 1 aromatic heterocycles. The van der Waals surface area contributed by atoms with Gasteiger partial charge in [0.05, 0.1) is 17.7 Å². The van der Waals surface area contributed by atoms with Gasteiger partial charge in [0.15, 0.2) is 0 Å². The third-order valence-electron chi connectivity index (χ3n) is 2.90. The predicted octanol–water partition coefficient (Wildman–Crippen LogP) is 2.95. The lowest BCUT2D eigenvalue weighted by molar-refractivity contribution is 0.570. The smallest absolute Gasteiger partial charge is 0.149 e. The fourth-order valence-electron chi connectivity index (χ4n) is 2.11. The normalized spacial score (nSPS) is 12.4. The molecule has 3 nitrogen and oxygen atoms in total. The molecule has 1 unspecified atom stereocenters. The third-order valence-corrected chi connectivity index (χ3v) is 3.53. The van der Waals surface area contributed by atoms with Gasteiger partial charge in [0.25, 0.3) is 0 Å². The fraction of sp³-hybridized carbons (Fsp3) is 0.357. The van der Waals surface area contributed by atoms with Crippen LogP contribution < -0.4 is 10.6 Å². The van der Waals surface area contributed by atoms with Crippen LogP contribution in [0, 0.1) is 11.6 Å². The van der Waals surface area contributed by atoms with Crippen molar-refractivity contribution in [3.05, 3.63) is 45.9 Å². The molecule has 2 aromatic rings. The van der Waals surface area contributed by atoms with Gasteiger partial charge in [0, 0.05) is 18.5 Å². The van der Waals surface area contributed by atoms with Crippen molar-refractivity contribution in [2.24, 2.45) is 5.73 Å². The van der Waals surface area contributed by atoms with Crippen LogP contribution in [0.15, 0.2) is 23.0 Å². The molecule has 0 amide bonds. The Morgan fingerprint density at radius 1 is 1.35 bits per heavy atom. The molecule has 1 aromatic carbocycles. The first-order valence-corrected chi connectivity index (χ1v) is 7.23. The number of hydrogen-bond donors (Lipinski definition) is 1. The van der Waals surface area contributed by atoms with Gasteiger partial charge in [-0.3, -0.25) is 0 Å². The summed E-state index contributed by atoms with van der Waals surface area (Å²) < 4.78 is 28.2. The number of nitrogens with two attached hydrogens (primary N) is 1. The molecule has 20 heavy (non-hydrogen) atoms. The largest absolute Gasteiger partial charge is 0.364 e. The Labute approximate surface area is 121 Å². The molecule has 2 N–H and O–H groups in total. The highest BCUT2D eigenvalue weighted by atomic mass is 32.1. The zero-order valence-corrected chi connectivity index (χ0v) is 12.3. The summed E-state index contributed by atoms with van der Waals surface area (Å²) in [5, 5.41) is 1.86. The van der Waals surface area contributed by atoms with Crippen LogP contribution in [0.1, 0.15) is 18.2 Å². The Bertz CT molecular complexity index is 547. The summed E-state index contributed by atoms with van der Waals surface area (Å²) in [7, 11) is 1.64. The molecule has 0 saturated heterocycles. The van der Waals surface area contributed by atoms with E-state index in [1.165, 1.54) is 28.4 Å². The first-order valence-electron chi connectivity index (χ1n) is 6.29. The third kappa shape index (κ3) is 3.52. The molecule has 0 spiro atoms. The molecule has 1 atom stereocenters. The molecule has 0 fully saturated rings. The monoisotopic (exact) mass is 297 g/mol. The van der Waals surface area contributed by atoms with Crippen LogP contribution in [0.2, 0.25) is 0 Å². The van der Waals surface area contributed by atoms with Crippen LogP contribution in [0.5, 0.6) is 0 Å². The van der Waals surface area contributed by atoms with E-state index in [0.717, 1.165) is 5.69 Å². The van der Waals surface area contributed by atoms with Crippen molar-refractivity contribution in [1.82, 2.24) is 4.98 Å². The van der Waals surface area contributed by atoms with Crippen LogP contribution in [0.25, 0.3) is 0 Å². The van der Waals surface area contributed by atoms with Crippen LogP contribution in [0.4, 0.5) is 14.5 Å². The number of benzene rings is 1. The van der Waals surface area contributed by atoms with Crippen LogP contribution >= 0.6 is 11.3 Å². The second kappa shape index (κ2) is 6.28. The van der Waals surface area contributed by atoms with Crippen LogP contribution in [-0.4, -0.2) is 18.1 Å². The number of halogens is 2. The second-order valence-corrected chi connectivity index (χ2v) is 5.64. The van der Waals surface area contributed by atoms with E-state index < -0.39 is 11.6 Å². The Morgan fingerprint density at radius 2 is 2.00 bits per heavy atom. The molecule has 0 aliphatic heterocycles. The molecule has 0 aliphatic rings. The van der Waals surface area contributed by atoms with E-state index in [9.17, 15) is 8.78 Å². The van der Waals surface area contributed by atoms with Crippen LogP contribution in [0.3, 0.4) is 0 Å². The highest BCUT2D eigenvalue weighted by Gasteiger charge is 2.16. The lowest BCUT2D eigenvalue weighted by atomic mass is 10.1. The van der Waals surface area contributed by atoms with Crippen molar-refractivity contribution in [2.75, 3.05) is 11.9 Å². The summed E-state index contributed by atoms with van der Waals surface area (Å²) in [5.74, 6) is -1.14. The SMILES string of the molecule is CC(N)Cc1cc(F)c(N(C)Cc2cscn2)c(F)c1. The number of nitrogens with zero attached hydrogens (tertiary/aromatic N) is 2. The number of anilines is 1. The maximum absolute atomic E-state index is 14.1. The number of hydrogen-bond acceptors (Lipinski definition) is 4. The van der Waals surface area contributed by atoms with Crippen molar-refractivity contribution in [3.63, 3.8) is 0 Å². The number of rotatable bonds is 5. The molecule has 0 bridgehead atoms. The maximum Gasteiger partial charge on any atom is 0.149 e. The van der Waals surface area contributed by atoms with Crippen molar-refractivity contribution in [2.45, 2.75) is 25.9 Å². The van der Waals surface area contributed by atoms with Gasteiger partial charge >= 0.3 is 0 Å². The predicted molar refractivity (Wildman–Crippen MR) is 77.9 cm³/mol. The fourth-order valence-corrected chi connectivity index (χ4v) is 2.66. The number of aromatic nitrogens is 1. The summed E-state index contributed by atoms with van der Waals surface area (Å²) in [5.41, 5.74) is 8.67. The summed E-state index contributed by atoms with van der Waals surface area (Å²) in [6.45, 7) is 2.17. The Hall–Kier alpha value is -1.53. The standard InChI is InChI=1S/C14H17F2N3S/c1-9(17)3-10-4-12(15)14(13(16)5-10)19(2)6-11-7-20-8-18-11/h4-5,7-9H,3,6,17H2,1-2H3. The van der Waals surface area contributed by atoms with Gasteiger partial charge < -0.3 is 10.6 Å². The van der Waals surface area contributed by atoms with E-state index in [1.54, 1.807) is 19.5 Å². The Balaban J connectivity index is 2.23. The molecule has 0 radical (unpaired) electrons. The minimum absolute atomic E-state index is 0.0357. The summed E-state index contributed by atoms with van der Waals surface area (Å²) in [6.07, 6.45) is 0.448. The van der Waals surface area contributed by atoms with Gasteiger partial charge in [-0.05, 0) is 31.0 Å². The molecular weight excluding hydrogens is 280 g/mol. The highest BCUT2D eigenvalue weighted by molar-refractivity contribution is 7.07. The van der Waals surface area contributed by atoms with E-state index in [1.807, 2.05) is 5.38 Å². The molecular formula is C14H17F2N3S. The maximum atomic E-state index is 14.1. The van der Waals surface area contributed by atoms with E-state index in [0.29, 0.717) is 18.5 Å². The zero-order valence-electron chi connectivity index (χ0n) is 11.4.